The number of methoxy groups -OCH3 is 1. The van der Waals surface area contributed by atoms with Gasteiger partial charge in [0.15, 0.2) is 11.0 Å². The van der Waals surface area contributed by atoms with Gasteiger partial charge in [0.2, 0.25) is 0 Å². The largest absolute Gasteiger partial charge is 0.508 e. The molecular weight excluding hydrogens is 510 g/mol. The van der Waals surface area contributed by atoms with Gasteiger partial charge < -0.3 is 9.84 Å². The van der Waals surface area contributed by atoms with E-state index >= 15 is 0 Å². The Morgan fingerprint density at radius 2 is 1.67 bits per heavy atom. The molecule has 0 bridgehead atoms. The zero-order valence-electron chi connectivity index (χ0n) is 22.8. The maximum Gasteiger partial charge on any atom is 0.250 e. The van der Waals surface area contributed by atoms with Gasteiger partial charge in [0.1, 0.15) is 11.5 Å². The summed E-state index contributed by atoms with van der Waals surface area (Å²) in [5.74, 6) is 1.45. The van der Waals surface area contributed by atoms with Crippen LogP contribution >= 0.6 is 11.8 Å². The smallest absolute Gasteiger partial charge is 0.250 e. The summed E-state index contributed by atoms with van der Waals surface area (Å²) in [6, 6.07) is 22.7. The summed E-state index contributed by atoms with van der Waals surface area (Å²) in [6.07, 6.45) is 0.626. The van der Waals surface area contributed by atoms with Gasteiger partial charge in [-0.05, 0) is 71.5 Å². The van der Waals surface area contributed by atoms with Crippen LogP contribution in [0.2, 0.25) is 0 Å². The second-order valence-electron chi connectivity index (χ2n) is 9.95. The van der Waals surface area contributed by atoms with Crippen LogP contribution in [-0.4, -0.2) is 44.4 Å². The van der Waals surface area contributed by atoms with Crippen molar-refractivity contribution in [2.75, 3.05) is 12.9 Å². The van der Waals surface area contributed by atoms with E-state index < -0.39 is 0 Å². The molecule has 0 radical (unpaired) electrons. The number of aromatic nitrogens is 3. The summed E-state index contributed by atoms with van der Waals surface area (Å²) in [5.41, 5.74) is 7.25. The number of nitrogens with zero attached hydrogens (tertiary/aromatic N) is 4. The van der Waals surface area contributed by atoms with Gasteiger partial charge in [-0.2, -0.15) is 5.10 Å². The van der Waals surface area contributed by atoms with Gasteiger partial charge in [0, 0.05) is 11.3 Å². The molecule has 0 spiro atoms. The molecule has 1 aromatic heterocycles. The lowest BCUT2D eigenvalue weighted by Crippen LogP contribution is -2.22. The van der Waals surface area contributed by atoms with E-state index in [4.69, 9.17) is 4.74 Å². The third-order valence-electron chi connectivity index (χ3n) is 6.16. The Balaban J connectivity index is 1.57. The number of hydrogen-bond donors (Lipinski definition) is 2. The first-order valence-corrected chi connectivity index (χ1v) is 13.7. The molecule has 1 heterocycles. The first-order chi connectivity index (χ1) is 18.7. The number of phenols is 1. The first-order valence-electron chi connectivity index (χ1n) is 12.7. The highest BCUT2D eigenvalue weighted by Crippen LogP contribution is 2.30. The van der Waals surface area contributed by atoms with E-state index in [0.29, 0.717) is 17.4 Å². The fourth-order valence-electron chi connectivity index (χ4n) is 3.93. The second-order valence-corrected chi connectivity index (χ2v) is 10.9. The minimum atomic E-state index is -0.259. The molecule has 0 aliphatic heterocycles. The molecule has 0 aliphatic rings. The van der Waals surface area contributed by atoms with E-state index in [1.54, 1.807) is 31.4 Å². The number of carbonyl (C=O) groups is 1. The van der Waals surface area contributed by atoms with Gasteiger partial charge in [-0.1, -0.05) is 63.7 Å². The van der Waals surface area contributed by atoms with Gasteiger partial charge >= 0.3 is 0 Å². The molecule has 9 heteroatoms. The van der Waals surface area contributed by atoms with E-state index in [-0.39, 0.29) is 22.8 Å². The van der Waals surface area contributed by atoms with E-state index in [1.165, 1.54) is 17.3 Å². The maximum atomic E-state index is 12.7. The maximum absolute atomic E-state index is 12.7. The van der Waals surface area contributed by atoms with Crippen LogP contribution in [0, 0.1) is 0 Å². The number of aromatic hydroxyl groups is 1. The lowest BCUT2D eigenvalue weighted by Gasteiger charge is -2.19. The molecule has 0 saturated heterocycles. The number of benzene rings is 3. The van der Waals surface area contributed by atoms with Crippen LogP contribution in [0.25, 0.3) is 17.1 Å². The fourth-order valence-corrected chi connectivity index (χ4v) is 4.67. The molecule has 0 fully saturated rings. The predicted molar refractivity (Wildman–Crippen MR) is 156 cm³/mol. The summed E-state index contributed by atoms with van der Waals surface area (Å²) in [5, 5.41) is 23.3. The van der Waals surface area contributed by atoms with Crippen molar-refractivity contribution in [3.05, 3.63) is 83.9 Å². The van der Waals surface area contributed by atoms with Crippen LogP contribution in [0.3, 0.4) is 0 Å². The number of hydrogen-bond acceptors (Lipinski definition) is 7. The van der Waals surface area contributed by atoms with Gasteiger partial charge in [0.05, 0.1) is 18.6 Å². The van der Waals surface area contributed by atoms with Crippen molar-refractivity contribution in [1.82, 2.24) is 20.2 Å². The highest BCUT2D eigenvalue weighted by Gasteiger charge is 2.19. The van der Waals surface area contributed by atoms with Crippen molar-refractivity contribution < 1.29 is 14.6 Å². The van der Waals surface area contributed by atoms with E-state index in [9.17, 15) is 9.90 Å². The normalized spacial score (nSPS) is 11.9. The zero-order chi connectivity index (χ0) is 28.0. The number of carbonyl (C=O) groups excluding carboxylic acids is 1. The minimum absolute atomic E-state index is 0.0406. The molecule has 0 unspecified atom stereocenters. The third kappa shape index (κ3) is 6.86. The topological polar surface area (TPSA) is 102 Å². The lowest BCUT2D eigenvalue weighted by molar-refractivity contribution is -0.118. The molecule has 39 heavy (non-hydrogen) atoms. The highest BCUT2D eigenvalue weighted by atomic mass is 32.2. The molecule has 2 N–H and O–H groups in total. The first kappa shape index (κ1) is 27.9. The molecular formula is C30H33N5O3S. The molecule has 202 valence electrons. The van der Waals surface area contributed by atoms with Crippen molar-refractivity contribution in [3.8, 4) is 28.6 Å². The fraction of sp³-hybridized carbons (Fsp3) is 0.267. The number of hydrazone groups is 1. The van der Waals surface area contributed by atoms with Gasteiger partial charge in [-0.25, -0.2) is 5.43 Å². The Morgan fingerprint density at radius 1 is 1.00 bits per heavy atom. The molecule has 4 aromatic rings. The van der Waals surface area contributed by atoms with Crippen molar-refractivity contribution >= 4 is 23.4 Å². The average Bonchev–Trinajstić information content (AvgIpc) is 3.36. The summed E-state index contributed by atoms with van der Waals surface area (Å²) in [6.45, 7) is 8.50. The average molecular weight is 544 g/mol. The van der Waals surface area contributed by atoms with Crippen molar-refractivity contribution in [2.45, 2.75) is 44.7 Å². The second kappa shape index (κ2) is 12.2. The minimum Gasteiger partial charge on any atom is -0.508 e. The Kier molecular flexibility index (Phi) is 8.71. The summed E-state index contributed by atoms with van der Waals surface area (Å²) < 4.78 is 7.27. The molecule has 1 amide bonds. The van der Waals surface area contributed by atoms with E-state index in [0.717, 1.165) is 28.3 Å². The quantitative estimate of drug-likeness (QED) is 0.153. The molecule has 0 saturated carbocycles. The Morgan fingerprint density at radius 3 is 2.26 bits per heavy atom. The van der Waals surface area contributed by atoms with Gasteiger partial charge in [0.25, 0.3) is 5.91 Å². The number of thioether (sulfide) groups is 1. The van der Waals surface area contributed by atoms with E-state index in [1.807, 2.05) is 35.8 Å². The van der Waals surface area contributed by atoms with Gasteiger partial charge in [-0.15, -0.1) is 10.2 Å². The van der Waals surface area contributed by atoms with Crippen LogP contribution < -0.4 is 10.2 Å². The monoisotopic (exact) mass is 543 g/mol. The molecule has 8 nitrogen and oxygen atoms in total. The highest BCUT2D eigenvalue weighted by molar-refractivity contribution is 7.99. The zero-order valence-corrected chi connectivity index (χ0v) is 23.6. The Bertz CT molecular complexity index is 1440. The molecule has 3 aromatic carbocycles. The molecule has 0 atom stereocenters. The van der Waals surface area contributed by atoms with Crippen LogP contribution in [0.15, 0.2) is 83.1 Å². The number of phenolic OH excluding ortho intramolecular Hbond substituents is 1. The summed E-state index contributed by atoms with van der Waals surface area (Å²) >= 11 is 1.28. The van der Waals surface area contributed by atoms with Crippen molar-refractivity contribution in [1.29, 1.82) is 0 Å². The number of ether oxygens (including phenoxy) is 1. The van der Waals surface area contributed by atoms with Crippen molar-refractivity contribution in [2.24, 2.45) is 5.10 Å². The summed E-state index contributed by atoms with van der Waals surface area (Å²) in [4.78, 5) is 12.7. The van der Waals surface area contributed by atoms with E-state index in [2.05, 4.69) is 65.8 Å². The Hall–Kier alpha value is -4.11. The molecule has 0 aliphatic carbocycles. The van der Waals surface area contributed by atoms with Gasteiger partial charge in [-0.3, -0.25) is 9.36 Å². The Labute approximate surface area is 233 Å². The standard InChI is InChI=1S/C30H33N5O3S/c1-6-26(20-9-15-24(36)16-10-20)31-32-27(37)19-39-29-34-33-28(21-7-11-22(12-8-21)30(2,3)4)35(29)23-13-17-25(38-5)18-14-23/h7-18,36H,6,19H2,1-5H3,(H,32,37)/b31-26+. The predicted octanol–water partition coefficient (Wildman–Crippen LogP) is 5.97. The van der Waals surface area contributed by atoms with Crippen LogP contribution in [0.1, 0.15) is 45.2 Å². The van der Waals surface area contributed by atoms with Crippen LogP contribution in [-0.2, 0) is 10.2 Å². The number of amides is 1. The SMILES string of the molecule is CC/C(=N\NC(=O)CSc1nnc(-c2ccc(C(C)(C)C)cc2)n1-c1ccc(OC)cc1)c1ccc(O)cc1. The van der Waals surface area contributed by atoms with Crippen LogP contribution in [0.4, 0.5) is 0 Å². The summed E-state index contributed by atoms with van der Waals surface area (Å²) in [7, 11) is 1.63. The third-order valence-corrected chi connectivity index (χ3v) is 7.09. The van der Waals surface area contributed by atoms with Crippen molar-refractivity contribution in [3.63, 3.8) is 0 Å². The lowest BCUT2D eigenvalue weighted by atomic mass is 9.87. The number of nitrogens with one attached hydrogen (secondary N) is 1. The number of rotatable bonds is 9. The van der Waals surface area contributed by atoms with Crippen LogP contribution in [0.5, 0.6) is 11.5 Å². The molecule has 4 rings (SSSR count).